The number of morpholine rings is 1. The van der Waals surface area contributed by atoms with Crippen molar-refractivity contribution in [3.05, 3.63) is 52.8 Å². The third-order valence-corrected chi connectivity index (χ3v) is 9.04. The number of carboxylic acid groups (broad SMARTS) is 1. The number of amides is 3. The summed E-state index contributed by atoms with van der Waals surface area (Å²) < 4.78 is 5.70. The number of hydrogen-bond acceptors (Lipinski definition) is 4. The molecule has 3 aromatic rings. The van der Waals surface area contributed by atoms with Crippen molar-refractivity contribution in [1.29, 1.82) is 0 Å². The number of likely N-dealkylation sites (tertiary alicyclic amines) is 1. The van der Waals surface area contributed by atoms with Gasteiger partial charge in [-0.25, -0.2) is 14.6 Å². The molecule has 198 valence electrons. The van der Waals surface area contributed by atoms with Gasteiger partial charge in [-0.2, -0.15) is 0 Å². The zero-order valence-corrected chi connectivity index (χ0v) is 21.7. The third kappa shape index (κ3) is 3.74. The van der Waals surface area contributed by atoms with Crippen LogP contribution in [0.1, 0.15) is 54.0 Å². The second kappa shape index (κ2) is 9.01. The molecule has 9 nitrogen and oxygen atoms in total. The lowest BCUT2D eigenvalue weighted by molar-refractivity contribution is -0.00295. The number of nitrogens with zero attached hydrogens (tertiary/aromatic N) is 4. The molecule has 7 rings (SSSR count). The number of H-pyrrole nitrogens is 1. The van der Waals surface area contributed by atoms with Crippen LogP contribution >= 0.6 is 0 Å². The van der Waals surface area contributed by atoms with E-state index >= 15 is 0 Å². The van der Waals surface area contributed by atoms with Gasteiger partial charge in [0.15, 0.2) is 0 Å². The second-order valence-electron chi connectivity index (χ2n) is 11.2. The minimum Gasteiger partial charge on any atom is -0.465 e. The van der Waals surface area contributed by atoms with E-state index in [1.165, 1.54) is 5.56 Å². The molecule has 2 N–H and O–H groups in total. The van der Waals surface area contributed by atoms with Gasteiger partial charge >= 0.3 is 12.1 Å². The second-order valence-corrected chi connectivity index (χ2v) is 11.2. The zero-order valence-electron chi connectivity index (χ0n) is 21.7. The van der Waals surface area contributed by atoms with Crippen LogP contribution in [0.15, 0.2) is 30.6 Å². The largest absolute Gasteiger partial charge is 0.465 e. The van der Waals surface area contributed by atoms with Crippen LogP contribution in [0.2, 0.25) is 0 Å². The van der Waals surface area contributed by atoms with Gasteiger partial charge in [0.25, 0.3) is 0 Å². The number of hydrogen-bond donors (Lipinski definition) is 2. The molecule has 6 heterocycles. The third-order valence-electron chi connectivity index (χ3n) is 9.04. The average molecular weight is 516 g/mol. The van der Waals surface area contributed by atoms with Gasteiger partial charge in [-0.05, 0) is 79.0 Å². The Hall–Kier alpha value is -3.59. The number of pyridine rings is 1. The molecule has 2 aromatic heterocycles. The summed E-state index contributed by atoms with van der Waals surface area (Å²) >= 11 is 0. The quantitative estimate of drug-likeness (QED) is 0.515. The Morgan fingerprint density at radius 2 is 1.89 bits per heavy atom. The normalized spacial score (nSPS) is 24.8. The van der Waals surface area contributed by atoms with Crippen LogP contribution in [-0.4, -0.2) is 80.3 Å². The summed E-state index contributed by atoms with van der Waals surface area (Å²) in [6.45, 7) is 5.02. The number of aryl methyl sites for hydroxylation is 1. The van der Waals surface area contributed by atoms with E-state index in [2.05, 4.69) is 40.0 Å². The number of fused-ring (bicyclic) bond motifs is 4. The number of aromatic nitrogens is 2. The molecule has 2 bridgehead atoms. The van der Waals surface area contributed by atoms with Gasteiger partial charge in [0, 0.05) is 43.0 Å². The SMILES string of the molecule is Cc1c[nH]c2ncc(-c3cc4c(c([C@@H]5CCCN5C(=O)O)c3)CN(C(=O)N3C5CCC3COC5)CC4)cc12. The standard InChI is InChI=1S/C29H33N5O4/c1-17-12-30-27-23(17)11-20(13-31-27)19-9-18-6-8-32(28(35)34-21-4-5-22(34)16-38-15-21)14-25(18)24(10-19)26-3-2-7-33(26)29(36)37/h9-13,21-22,26H,2-8,14-16H2,1H3,(H,30,31)(H,36,37)/t21?,22?,26-/m0/s1. The topological polar surface area (TPSA) is 102 Å². The summed E-state index contributed by atoms with van der Waals surface area (Å²) in [5.74, 6) is 0. The summed E-state index contributed by atoms with van der Waals surface area (Å²) in [7, 11) is 0. The smallest absolute Gasteiger partial charge is 0.407 e. The maximum atomic E-state index is 13.7. The van der Waals surface area contributed by atoms with E-state index in [-0.39, 0.29) is 24.2 Å². The summed E-state index contributed by atoms with van der Waals surface area (Å²) in [6.07, 6.45) is 7.36. The number of nitrogens with one attached hydrogen (secondary N) is 1. The zero-order chi connectivity index (χ0) is 26.0. The molecule has 0 saturated carbocycles. The van der Waals surface area contributed by atoms with Crippen molar-refractivity contribution in [1.82, 2.24) is 24.7 Å². The molecular weight excluding hydrogens is 482 g/mol. The molecule has 3 saturated heterocycles. The van der Waals surface area contributed by atoms with Crippen LogP contribution in [-0.2, 0) is 17.7 Å². The number of urea groups is 1. The van der Waals surface area contributed by atoms with Crippen molar-refractivity contribution in [3.8, 4) is 11.1 Å². The first-order chi connectivity index (χ1) is 18.5. The van der Waals surface area contributed by atoms with Gasteiger partial charge in [0.1, 0.15) is 5.65 Å². The Morgan fingerprint density at radius 3 is 2.68 bits per heavy atom. The Balaban J connectivity index is 1.28. The summed E-state index contributed by atoms with van der Waals surface area (Å²) in [4.78, 5) is 39.3. The van der Waals surface area contributed by atoms with Gasteiger partial charge in [-0.15, -0.1) is 0 Å². The van der Waals surface area contributed by atoms with E-state index in [9.17, 15) is 14.7 Å². The molecule has 3 atom stereocenters. The van der Waals surface area contributed by atoms with Gasteiger partial charge in [-0.1, -0.05) is 6.07 Å². The number of benzene rings is 1. The minimum atomic E-state index is -0.883. The molecule has 0 radical (unpaired) electrons. The molecule has 1 aromatic carbocycles. The minimum absolute atomic E-state index is 0.0978. The molecule has 0 spiro atoms. The molecule has 4 aliphatic rings. The Kier molecular flexibility index (Phi) is 5.58. The maximum absolute atomic E-state index is 13.7. The van der Waals surface area contributed by atoms with Crippen molar-refractivity contribution in [2.45, 2.75) is 63.7 Å². The number of carbonyl (C=O) groups excluding carboxylic acids is 1. The molecule has 9 heteroatoms. The van der Waals surface area contributed by atoms with Gasteiger partial charge < -0.3 is 29.5 Å². The summed E-state index contributed by atoms with van der Waals surface area (Å²) in [5.41, 5.74) is 7.43. The fourth-order valence-electron chi connectivity index (χ4n) is 7.04. The Labute approximate surface area is 221 Å². The van der Waals surface area contributed by atoms with Crippen molar-refractivity contribution in [2.24, 2.45) is 0 Å². The monoisotopic (exact) mass is 515 g/mol. The average Bonchev–Trinajstić information content (AvgIpc) is 3.63. The van der Waals surface area contributed by atoms with Crippen LogP contribution < -0.4 is 0 Å². The van der Waals surface area contributed by atoms with Gasteiger partial charge in [-0.3, -0.25) is 0 Å². The first kappa shape index (κ1) is 23.5. The number of rotatable bonds is 2. The number of carbonyl (C=O) groups is 2. The van der Waals surface area contributed by atoms with Crippen LogP contribution in [0.3, 0.4) is 0 Å². The van der Waals surface area contributed by atoms with Crippen LogP contribution in [0, 0.1) is 6.92 Å². The van der Waals surface area contributed by atoms with Crippen molar-refractivity contribution in [2.75, 3.05) is 26.3 Å². The summed E-state index contributed by atoms with van der Waals surface area (Å²) in [6, 6.07) is 6.77. The van der Waals surface area contributed by atoms with E-state index in [0.717, 1.165) is 71.0 Å². The van der Waals surface area contributed by atoms with Crippen LogP contribution in [0.5, 0.6) is 0 Å². The molecule has 3 amide bonds. The number of ether oxygens (including phenoxy) is 1. The van der Waals surface area contributed by atoms with Gasteiger partial charge in [0.2, 0.25) is 0 Å². The van der Waals surface area contributed by atoms with E-state index in [1.807, 2.05) is 17.3 Å². The van der Waals surface area contributed by atoms with E-state index < -0.39 is 6.09 Å². The Bertz CT molecular complexity index is 1420. The highest BCUT2D eigenvalue weighted by Crippen LogP contribution is 2.40. The highest BCUT2D eigenvalue weighted by atomic mass is 16.5. The Morgan fingerprint density at radius 1 is 1.08 bits per heavy atom. The highest BCUT2D eigenvalue weighted by molar-refractivity contribution is 5.85. The van der Waals surface area contributed by atoms with E-state index in [4.69, 9.17) is 4.74 Å². The number of aromatic amines is 1. The fourth-order valence-corrected chi connectivity index (χ4v) is 7.04. The predicted molar refractivity (Wildman–Crippen MR) is 142 cm³/mol. The van der Waals surface area contributed by atoms with Crippen molar-refractivity contribution in [3.63, 3.8) is 0 Å². The fraction of sp³-hybridized carbons (Fsp3) is 0.483. The molecule has 3 fully saturated rings. The lowest BCUT2D eigenvalue weighted by Crippen LogP contribution is -2.55. The lowest BCUT2D eigenvalue weighted by Gasteiger charge is -2.40. The first-order valence-electron chi connectivity index (χ1n) is 13.7. The van der Waals surface area contributed by atoms with E-state index in [1.54, 1.807) is 4.90 Å². The highest BCUT2D eigenvalue weighted by Gasteiger charge is 2.43. The maximum Gasteiger partial charge on any atom is 0.407 e. The van der Waals surface area contributed by atoms with Crippen molar-refractivity contribution < 1.29 is 19.4 Å². The predicted octanol–water partition coefficient (Wildman–Crippen LogP) is 4.69. The summed E-state index contributed by atoms with van der Waals surface area (Å²) in [5, 5.41) is 11.1. The van der Waals surface area contributed by atoms with E-state index in [0.29, 0.717) is 32.8 Å². The molecule has 2 unspecified atom stereocenters. The van der Waals surface area contributed by atoms with Crippen LogP contribution in [0.4, 0.5) is 9.59 Å². The van der Waals surface area contributed by atoms with Gasteiger partial charge in [0.05, 0.1) is 31.3 Å². The first-order valence-corrected chi connectivity index (χ1v) is 13.7. The molecule has 38 heavy (non-hydrogen) atoms. The van der Waals surface area contributed by atoms with Crippen molar-refractivity contribution >= 4 is 23.2 Å². The van der Waals surface area contributed by atoms with Crippen LogP contribution in [0.25, 0.3) is 22.2 Å². The molecule has 4 aliphatic heterocycles. The molecule has 0 aliphatic carbocycles. The molecular formula is C29H33N5O4. The lowest BCUT2D eigenvalue weighted by atomic mass is 9.87.